The number of aromatic amines is 1. The van der Waals surface area contributed by atoms with Gasteiger partial charge >= 0.3 is 0 Å². The first-order chi connectivity index (χ1) is 10.8. The third kappa shape index (κ3) is 3.23. The van der Waals surface area contributed by atoms with Gasteiger partial charge in [-0.2, -0.15) is 11.8 Å². The summed E-state index contributed by atoms with van der Waals surface area (Å²) in [5.74, 6) is 2.64. The van der Waals surface area contributed by atoms with Gasteiger partial charge in [0.25, 0.3) is 0 Å². The Morgan fingerprint density at radius 2 is 2.14 bits per heavy atom. The van der Waals surface area contributed by atoms with Crippen molar-refractivity contribution in [2.24, 2.45) is 0 Å². The first kappa shape index (κ1) is 15.2. The normalized spacial score (nSPS) is 11.0. The summed E-state index contributed by atoms with van der Waals surface area (Å²) in [6.07, 6.45) is 7.68. The zero-order valence-electron chi connectivity index (χ0n) is 12.5. The van der Waals surface area contributed by atoms with E-state index >= 15 is 0 Å². The third-order valence-electron chi connectivity index (χ3n) is 3.27. The van der Waals surface area contributed by atoms with Crippen LogP contribution in [-0.4, -0.2) is 39.8 Å². The predicted octanol–water partition coefficient (Wildman–Crippen LogP) is 4.09. The standard InChI is InChI=1S/C16H17N3OS2/c1-21-8-7-20-15-4-3-11(22-2)9-12(15)16-18-13-5-6-17-10-14(13)19-16/h3-6,9-10H,7-8H2,1-2H3,(H,18,19). The lowest BCUT2D eigenvalue weighted by Gasteiger charge is -2.11. The van der Waals surface area contributed by atoms with Gasteiger partial charge in [0.1, 0.15) is 11.6 Å². The lowest BCUT2D eigenvalue weighted by Crippen LogP contribution is -2.01. The molecule has 3 aromatic rings. The molecule has 1 aromatic carbocycles. The molecule has 0 atom stereocenters. The lowest BCUT2D eigenvalue weighted by atomic mass is 10.2. The molecule has 0 aliphatic rings. The van der Waals surface area contributed by atoms with Gasteiger partial charge in [-0.05, 0) is 36.8 Å². The highest BCUT2D eigenvalue weighted by Crippen LogP contribution is 2.33. The van der Waals surface area contributed by atoms with Crippen LogP contribution >= 0.6 is 23.5 Å². The van der Waals surface area contributed by atoms with Crippen LogP contribution in [0.5, 0.6) is 5.75 Å². The molecule has 0 radical (unpaired) electrons. The van der Waals surface area contributed by atoms with Crippen LogP contribution in [0.25, 0.3) is 22.4 Å². The summed E-state index contributed by atoms with van der Waals surface area (Å²) in [4.78, 5) is 13.3. The van der Waals surface area contributed by atoms with Crippen molar-refractivity contribution in [1.29, 1.82) is 0 Å². The SMILES string of the molecule is CSCCOc1ccc(SC)cc1-c1nc2ccncc2[nH]1. The highest BCUT2D eigenvalue weighted by molar-refractivity contribution is 7.98. The Labute approximate surface area is 138 Å². The molecule has 0 aliphatic carbocycles. The molecule has 0 aliphatic heterocycles. The smallest absolute Gasteiger partial charge is 0.142 e. The van der Waals surface area contributed by atoms with E-state index in [1.165, 1.54) is 4.90 Å². The molecule has 0 unspecified atom stereocenters. The van der Waals surface area contributed by atoms with Gasteiger partial charge in [-0.15, -0.1) is 11.8 Å². The number of nitrogens with one attached hydrogen (secondary N) is 1. The van der Waals surface area contributed by atoms with E-state index in [1.54, 1.807) is 35.9 Å². The molecule has 2 aromatic heterocycles. The summed E-state index contributed by atoms with van der Waals surface area (Å²) >= 11 is 3.48. The van der Waals surface area contributed by atoms with Gasteiger partial charge < -0.3 is 9.72 Å². The number of nitrogens with zero attached hydrogens (tertiary/aromatic N) is 2. The zero-order valence-corrected chi connectivity index (χ0v) is 14.1. The van der Waals surface area contributed by atoms with Crippen molar-refractivity contribution in [3.05, 3.63) is 36.7 Å². The topological polar surface area (TPSA) is 50.8 Å². The molecule has 4 nitrogen and oxygen atoms in total. The fourth-order valence-corrected chi connectivity index (χ4v) is 2.86. The average Bonchev–Trinajstić information content (AvgIpc) is 2.99. The predicted molar refractivity (Wildman–Crippen MR) is 95.0 cm³/mol. The first-order valence-corrected chi connectivity index (χ1v) is 9.53. The molecule has 0 saturated carbocycles. The molecule has 114 valence electrons. The van der Waals surface area contributed by atoms with Crippen molar-refractivity contribution in [3.8, 4) is 17.1 Å². The van der Waals surface area contributed by atoms with E-state index < -0.39 is 0 Å². The molecular weight excluding hydrogens is 314 g/mol. The van der Waals surface area contributed by atoms with Crippen LogP contribution in [0.4, 0.5) is 0 Å². The van der Waals surface area contributed by atoms with Crippen LogP contribution in [0, 0.1) is 0 Å². The van der Waals surface area contributed by atoms with Crippen molar-refractivity contribution < 1.29 is 4.74 Å². The maximum absolute atomic E-state index is 5.92. The van der Waals surface area contributed by atoms with E-state index in [2.05, 4.69) is 39.6 Å². The number of benzene rings is 1. The van der Waals surface area contributed by atoms with Crippen molar-refractivity contribution >= 4 is 34.6 Å². The van der Waals surface area contributed by atoms with Crippen LogP contribution in [0.3, 0.4) is 0 Å². The molecule has 0 saturated heterocycles. The number of hydrogen-bond donors (Lipinski definition) is 1. The second-order valence-corrected chi connectivity index (χ2v) is 6.55. The molecule has 0 amide bonds. The Morgan fingerprint density at radius 3 is 2.91 bits per heavy atom. The number of fused-ring (bicyclic) bond motifs is 1. The number of rotatable bonds is 6. The van der Waals surface area contributed by atoms with E-state index in [1.807, 2.05) is 12.1 Å². The summed E-state index contributed by atoms with van der Waals surface area (Å²) < 4.78 is 5.92. The minimum atomic E-state index is 0.689. The van der Waals surface area contributed by atoms with E-state index in [9.17, 15) is 0 Å². The summed E-state index contributed by atoms with van der Waals surface area (Å²) in [5, 5.41) is 0. The fraction of sp³-hybridized carbons (Fsp3) is 0.250. The Balaban J connectivity index is 2.02. The number of hydrogen-bond acceptors (Lipinski definition) is 5. The van der Waals surface area contributed by atoms with Gasteiger partial charge in [0.2, 0.25) is 0 Å². The fourth-order valence-electron chi connectivity index (χ4n) is 2.17. The van der Waals surface area contributed by atoms with Gasteiger partial charge in [-0.25, -0.2) is 4.98 Å². The first-order valence-electron chi connectivity index (χ1n) is 6.91. The van der Waals surface area contributed by atoms with E-state index in [0.717, 1.165) is 33.9 Å². The number of pyridine rings is 1. The second-order valence-electron chi connectivity index (χ2n) is 4.68. The van der Waals surface area contributed by atoms with E-state index in [-0.39, 0.29) is 0 Å². The largest absolute Gasteiger partial charge is 0.492 e. The summed E-state index contributed by atoms with van der Waals surface area (Å²) in [7, 11) is 0. The molecular formula is C16H17N3OS2. The molecule has 2 heterocycles. The average molecular weight is 331 g/mol. The van der Waals surface area contributed by atoms with Crippen LogP contribution in [0.15, 0.2) is 41.6 Å². The lowest BCUT2D eigenvalue weighted by molar-refractivity contribution is 0.345. The van der Waals surface area contributed by atoms with Crippen LogP contribution in [0.2, 0.25) is 0 Å². The van der Waals surface area contributed by atoms with Gasteiger partial charge in [0.15, 0.2) is 0 Å². The minimum Gasteiger partial charge on any atom is -0.492 e. The van der Waals surface area contributed by atoms with Gasteiger partial charge in [0.05, 0.1) is 29.4 Å². The maximum Gasteiger partial charge on any atom is 0.142 e. The van der Waals surface area contributed by atoms with E-state index in [0.29, 0.717) is 6.61 Å². The van der Waals surface area contributed by atoms with Crippen LogP contribution < -0.4 is 4.74 Å². The quantitative estimate of drug-likeness (QED) is 0.544. The van der Waals surface area contributed by atoms with Crippen LogP contribution in [-0.2, 0) is 0 Å². The summed E-state index contributed by atoms with van der Waals surface area (Å²) in [6.45, 7) is 0.689. The molecule has 1 N–H and O–H groups in total. The molecule has 22 heavy (non-hydrogen) atoms. The molecule has 0 bridgehead atoms. The highest BCUT2D eigenvalue weighted by Gasteiger charge is 2.12. The Hall–Kier alpha value is -1.66. The Morgan fingerprint density at radius 1 is 1.23 bits per heavy atom. The second kappa shape index (κ2) is 7.07. The van der Waals surface area contributed by atoms with Crippen molar-refractivity contribution in [2.45, 2.75) is 4.90 Å². The number of H-pyrrole nitrogens is 1. The zero-order chi connectivity index (χ0) is 15.4. The third-order valence-corrected chi connectivity index (χ3v) is 4.57. The van der Waals surface area contributed by atoms with Gasteiger partial charge in [-0.1, -0.05) is 0 Å². The Bertz CT molecular complexity index is 740. The number of ether oxygens (including phenoxy) is 1. The maximum atomic E-state index is 5.92. The van der Waals surface area contributed by atoms with Crippen molar-refractivity contribution in [1.82, 2.24) is 15.0 Å². The Kier molecular flexibility index (Phi) is 4.90. The van der Waals surface area contributed by atoms with Gasteiger partial charge in [-0.3, -0.25) is 4.98 Å². The molecule has 3 rings (SSSR count). The molecule has 0 spiro atoms. The van der Waals surface area contributed by atoms with Crippen molar-refractivity contribution in [2.75, 3.05) is 24.9 Å². The minimum absolute atomic E-state index is 0.689. The van der Waals surface area contributed by atoms with Crippen LogP contribution in [0.1, 0.15) is 0 Å². The van der Waals surface area contributed by atoms with E-state index in [4.69, 9.17) is 4.74 Å². The molecule has 0 fully saturated rings. The molecule has 6 heteroatoms. The summed E-state index contributed by atoms with van der Waals surface area (Å²) in [6, 6.07) is 8.12. The number of thioether (sulfide) groups is 2. The summed E-state index contributed by atoms with van der Waals surface area (Å²) in [5.41, 5.74) is 2.83. The van der Waals surface area contributed by atoms with Crippen molar-refractivity contribution in [3.63, 3.8) is 0 Å². The highest BCUT2D eigenvalue weighted by atomic mass is 32.2. The number of imidazole rings is 1. The number of aromatic nitrogens is 3. The van der Waals surface area contributed by atoms with Gasteiger partial charge in [0, 0.05) is 16.8 Å². The monoisotopic (exact) mass is 331 g/mol.